The maximum atomic E-state index is 13.9. The highest BCUT2D eigenvalue weighted by Crippen LogP contribution is 2.24. The molecule has 0 radical (unpaired) electrons. The molecule has 0 bridgehead atoms. The zero-order chi connectivity index (χ0) is 15.9. The molecular formula is C13H10F3NO4. The molecule has 0 aliphatic carbocycles. The average Bonchev–Trinajstić information content (AvgIpc) is 2.44. The van der Waals surface area contributed by atoms with Crippen LogP contribution < -0.4 is 5.43 Å². The number of carboxylic acid groups (broad SMARTS) is 1. The number of aromatic carboxylic acids is 1. The Morgan fingerprint density at radius 1 is 1.33 bits per heavy atom. The number of hydrogen-bond acceptors (Lipinski definition) is 3. The van der Waals surface area contributed by atoms with E-state index in [4.69, 9.17) is 10.2 Å². The largest absolute Gasteiger partial charge is 0.477 e. The van der Waals surface area contributed by atoms with E-state index in [1.54, 1.807) is 0 Å². The fraction of sp³-hybridized carbons (Fsp3) is 0.231. The van der Waals surface area contributed by atoms with Gasteiger partial charge in [0.2, 0.25) is 5.43 Å². The van der Waals surface area contributed by atoms with Crippen LogP contribution in [0.1, 0.15) is 23.3 Å². The summed E-state index contributed by atoms with van der Waals surface area (Å²) in [5, 5.41) is 17.5. The van der Waals surface area contributed by atoms with Crippen LogP contribution in [0, 0.1) is 17.5 Å². The molecule has 5 nitrogen and oxygen atoms in total. The third-order valence-corrected chi connectivity index (χ3v) is 3.12. The van der Waals surface area contributed by atoms with Crippen molar-refractivity contribution >= 4 is 16.9 Å². The predicted molar refractivity (Wildman–Crippen MR) is 66.8 cm³/mol. The Morgan fingerprint density at radius 2 is 1.95 bits per heavy atom. The van der Waals surface area contributed by atoms with Crippen LogP contribution in [0.15, 0.2) is 17.1 Å². The Balaban J connectivity index is 3.07. The molecule has 0 saturated carbocycles. The molecular weight excluding hydrogens is 291 g/mol. The lowest BCUT2D eigenvalue weighted by Crippen LogP contribution is -2.23. The molecule has 0 spiro atoms. The molecule has 1 atom stereocenters. The standard InChI is InChI=1S/C13H10F3NO4/c1-5(4-18)17-3-7(13(20)21)12(19)6-2-8(14)9(15)10(16)11(6)17/h2-3,5,18H,4H2,1H3,(H,20,21)/t5-/m0/s1. The maximum Gasteiger partial charge on any atom is 0.341 e. The minimum Gasteiger partial charge on any atom is -0.477 e. The van der Waals surface area contributed by atoms with E-state index >= 15 is 0 Å². The summed E-state index contributed by atoms with van der Waals surface area (Å²) in [7, 11) is 0. The van der Waals surface area contributed by atoms with E-state index in [1.165, 1.54) is 6.92 Å². The molecule has 0 aliphatic heterocycles. The van der Waals surface area contributed by atoms with Gasteiger partial charge in [-0.3, -0.25) is 4.79 Å². The van der Waals surface area contributed by atoms with E-state index in [0.29, 0.717) is 6.07 Å². The molecule has 0 saturated heterocycles. The van der Waals surface area contributed by atoms with Crippen LogP contribution in [0.5, 0.6) is 0 Å². The first kappa shape index (κ1) is 15.0. The fourth-order valence-corrected chi connectivity index (χ4v) is 2.01. The SMILES string of the molecule is C[C@@H](CO)n1cc(C(=O)O)c(=O)c2cc(F)c(F)c(F)c21. The van der Waals surface area contributed by atoms with Crippen molar-refractivity contribution in [2.75, 3.05) is 6.61 Å². The zero-order valence-corrected chi connectivity index (χ0v) is 10.7. The molecule has 21 heavy (non-hydrogen) atoms. The minimum atomic E-state index is -1.77. The van der Waals surface area contributed by atoms with E-state index in [1.807, 2.05) is 0 Å². The molecule has 1 aromatic heterocycles. The van der Waals surface area contributed by atoms with Gasteiger partial charge in [-0.25, -0.2) is 18.0 Å². The average molecular weight is 301 g/mol. The molecule has 2 aromatic rings. The third kappa shape index (κ3) is 2.27. The highest BCUT2D eigenvalue weighted by atomic mass is 19.2. The Labute approximate surface area is 115 Å². The van der Waals surface area contributed by atoms with Crippen LogP contribution in [0.2, 0.25) is 0 Å². The number of aliphatic hydroxyl groups is 1. The van der Waals surface area contributed by atoms with E-state index < -0.39 is 58.0 Å². The Morgan fingerprint density at radius 3 is 2.48 bits per heavy atom. The second-order valence-corrected chi connectivity index (χ2v) is 4.50. The molecule has 2 rings (SSSR count). The summed E-state index contributed by atoms with van der Waals surface area (Å²) in [5.41, 5.74) is -2.45. The van der Waals surface area contributed by atoms with E-state index in [0.717, 1.165) is 10.8 Å². The van der Waals surface area contributed by atoms with Gasteiger partial charge in [-0.1, -0.05) is 0 Å². The molecule has 1 heterocycles. The number of halogens is 3. The van der Waals surface area contributed by atoms with Crippen molar-refractivity contribution in [2.45, 2.75) is 13.0 Å². The molecule has 112 valence electrons. The Kier molecular flexibility index (Phi) is 3.73. The summed E-state index contributed by atoms with van der Waals surface area (Å²) in [5.74, 6) is -6.57. The third-order valence-electron chi connectivity index (χ3n) is 3.12. The van der Waals surface area contributed by atoms with Crippen LogP contribution in [-0.4, -0.2) is 27.4 Å². The zero-order valence-electron chi connectivity index (χ0n) is 10.7. The number of aromatic nitrogens is 1. The van der Waals surface area contributed by atoms with Crippen LogP contribution in [-0.2, 0) is 0 Å². The van der Waals surface area contributed by atoms with Gasteiger partial charge in [0, 0.05) is 6.20 Å². The highest BCUT2D eigenvalue weighted by molar-refractivity contribution is 5.92. The van der Waals surface area contributed by atoms with E-state index in [2.05, 4.69) is 0 Å². The summed E-state index contributed by atoms with van der Waals surface area (Å²) < 4.78 is 41.5. The van der Waals surface area contributed by atoms with Crippen molar-refractivity contribution < 1.29 is 28.2 Å². The predicted octanol–water partition coefficient (Wildman–Crippen LogP) is 1.67. The Hall–Kier alpha value is -2.35. The number of fused-ring (bicyclic) bond motifs is 1. The van der Waals surface area contributed by atoms with Gasteiger partial charge >= 0.3 is 5.97 Å². The number of rotatable bonds is 3. The molecule has 0 aliphatic rings. The first-order chi connectivity index (χ1) is 9.79. The van der Waals surface area contributed by atoms with Gasteiger partial charge in [-0.15, -0.1) is 0 Å². The second-order valence-electron chi connectivity index (χ2n) is 4.50. The number of pyridine rings is 1. The van der Waals surface area contributed by atoms with Crippen molar-refractivity contribution in [2.24, 2.45) is 0 Å². The van der Waals surface area contributed by atoms with Crippen LogP contribution in [0.4, 0.5) is 13.2 Å². The highest BCUT2D eigenvalue weighted by Gasteiger charge is 2.23. The van der Waals surface area contributed by atoms with Gasteiger partial charge in [0.15, 0.2) is 17.5 Å². The van der Waals surface area contributed by atoms with Crippen molar-refractivity contribution in [3.63, 3.8) is 0 Å². The lowest BCUT2D eigenvalue weighted by atomic mass is 10.1. The molecule has 0 amide bonds. The number of carboxylic acids is 1. The first-order valence-corrected chi connectivity index (χ1v) is 5.86. The number of aliphatic hydroxyl groups excluding tert-OH is 1. The lowest BCUT2D eigenvalue weighted by molar-refractivity contribution is 0.0694. The first-order valence-electron chi connectivity index (χ1n) is 5.86. The molecule has 8 heteroatoms. The molecule has 2 N–H and O–H groups in total. The summed E-state index contributed by atoms with van der Waals surface area (Å²) in [6.07, 6.45) is 0.800. The quantitative estimate of drug-likeness (QED) is 0.845. The smallest absolute Gasteiger partial charge is 0.341 e. The van der Waals surface area contributed by atoms with Gasteiger partial charge in [0.05, 0.1) is 23.6 Å². The summed E-state index contributed by atoms with van der Waals surface area (Å²) in [6.45, 7) is 0.881. The number of hydrogen-bond donors (Lipinski definition) is 2. The van der Waals surface area contributed by atoms with E-state index in [-0.39, 0.29) is 0 Å². The normalized spacial score (nSPS) is 12.6. The molecule has 0 fully saturated rings. The molecule has 0 unspecified atom stereocenters. The van der Waals surface area contributed by atoms with Gasteiger partial charge in [-0.05, 0) is 13.0 Å². The van der Waals surface area contributed by atoms with E-state index in [9.17, 15) is 22.8 Å². The van der Waals surface area contributed by atoms with Gasteiger partial charge in [0.1, 0.15) is 5.56 Å². The van der Waals surface area contributed by atoms with Crippen molar-refractivity contribution in [1.82, 2.24) is 4.57 Å². The summed E-state index contributed by atoms with van der Waals surface area (Å²) >= 11 is 0. The van der Waals surface area contributed by atoms with Crippen LogP contribution >= 0.6 is 0 Å². The number of carbonyl (C=O) groups is 1. The van der Waals surface area contributed by atoms with Gasteiger partial charge in [-0.2, -0.15) is 0 Å². The summed E-state index contributed by atoms with van der Waals surface area (Å²) in [4.78, 5) is 23.0. The van der Waals surface area contributed by atoms with Crippen LogP contribution in [0.25, 0.3) is 10.9 Å². The van der Waals surface area contributed by atoms with Crippen molar-refractivity contribution in [3.05, 3.63) is 45.5 Å². The second kappa shape index (κ2) is 5.21. The lowest BCUT2D eigenvalue weighted by Gasteiger charge is -2.18. The van der Waals surface area contributed by atoms with Gasteiger partial charge in [0.25, 0.3) is 0 Å². The maximum absolute atomic E-state index is 13.9. The monoisotopic (exact) mass is 301 g/mol. The number of benzene rings is 1. The van der Waals surface area contributed by atoms with Gasteiger partial charge < -0.3 is 14.8 Å². The molecule has 1 aromatic carbocycles. The van der Waals surface area contributed by atoms with Crippen LogP contribution in [0.3, 0.4) is 0 Å². The minimum absolute atomic E-state index is 0.448. The van der Waals surface area contributed by atoms with Crippen molar-refractivity contribution in [1.29, 1.82) is 0 Å². The topological polar surface area (TPSA) is 79.5 Å². The fourth-order valence-electron chi connectivity index (χ4n) is 2.01. The Bertz CT molecular complexity index is 800. The van der Waals surface area contributed by atoms with Crippen molar-refractivity contribution in [3.8, 4) is 0 Å². The number of nitrogens with zero attached hydrogens (tertiary/aromatic N) is 1. The summed E-state index contributed by atoms with van der Waals surface area (Å²) in [6, 6.07) is -0.395.